The van der Waals surface area contributed by atoms with Crippen LogP contribution in [0.25, 0.3) is 10.9 Å². The van der Waals surface area contributed by atoms with Crippen LogP contribution in [-0.2, 0) is 25.6 Å². The number of aromatic nitrogens is 1. The molecule has 46 heavy (non-hydrogen) atoms. The van der Waals surface area contributed by atoms with Crippen molar-refractivity contribution in [2.45, 2.75) is 51.2 Å². The molecule has 1 aliphatic heterocycles. The molecule has 4 N–H and O–H groups in total. The average Bonchev–Trinajstić information content (AvgIpc) is 3.51. The molecule has 2 heterocycles. The lowest BCUT2D eigenvalue weighted by Crippen LogP contribution is -2.49. The van der Waals surface area contributed by atoms with E-state index >= 15 is 0 Å². The summed E-state index contributed by atoms with van der Waals surface area (Å²) in [5.74, 6) is 6.64. The van der Waals surface area contributed by atoms with E-state index in [-0.39, 0.29) is 35.3 Å². The molecule has 4 rings (SSSR count). The molecule has 1 saturated heterocycles. The van der Waals surface area contributed by atoms with Gasteiger partial charge in [0.25, 0.3) is 5.91 Å². The van der Waals surface area contributed by atoms with E-state index in [9.17, 15) is 24.0 Å². The number of carbonyl (C=O) groups is 1. The van der Waals surface area contributed by atoms with Gasteiger partial charge in [0.15, 0.2) is 0 Å². The largest absolute Gasteiger partial charge is 0.379 e. The molecular formula is C35H34BrN5O5. The van der Waals surface area contributed by atoms with Crippen molar-refractivity contribution < 1.29 is 24.0 Å². The number of amides is 1. The molecular weight excluding hydrogens is 650 g/mol. The molecule has 0 bridgehead atoms. The van der Waals surface area contributed by atoms with Crippen molar-refractivity contribution in [1.29, 1.82) is 0 Å². The van der Waals surface area contributed by atoms with Crippen molar-refractivity contribution >= 4 is 56.5 Å². The summed E-state index contributed by atoms with van der Waals surface area (Å²) in [4.78, 5) is 65.6. The number of nitrogens with one attached hydrogen (secondary N) is 4. The standard InChI is InChI=1S/C35H34BrN5O5/c1-22(2)34(41-35(46)28-11-9-24-8-10-26(36)18-29(24)39-28)33(21-45)40-30(16-23-6-4-3-5-7-23)32(20-44)38-27(13-15-42)17-25-12-14-37-31(25)19-43/h3-11,13,18,22,25,27,30,34,37-38,40H,12,14,16-17H2,1-2H3,(H,41,46)/t25-,27+,30-,34-/m0/s1. The molecule has 1 amide bonds. The minimum absolute atomic E-state index is 0.0241. The van der Waals surface area contributed by atoms with Gasteiger partial charge in [0.05, 0.1) is 29.3 Å². The Labute approximate surface area is 275 Å². The summed E-state index contributed by atoms with van der Waals surface area (Å²) in [5.41, 5.74) is 2.14. The molecule has 1 fully saturated rings. The maximum absolute atomic E-state index is 13.4. The van der Waals surface area contributed by atoms with Gasteiger partial charge in [-0.15, -0.1) is 0 Å². The van der Waals surface area contributed by atoms with Crippen molar-refractivity contribution in [3.05, 3.63) is 99.6 Å². The van der Waals surface area contributed by atoms with Gasteiger partial charge in [-0.2, -0.15) is 0 Å². The lowest BCUT2D eigenvalue weighted by atomic mass is 9.95. The normalized spacial score (nSPS) is 15.7. The SMILES string of the molecule is CC(C)[C@H](NC(=O)c1ccc2ccc(Br)cc2n1)C(=C=O)N[C@@H](Cc1ccccc1)C(=C=O)N[C@H](C=C=O)C[C@@H]1CCNC1=C=O. The van der Waals surface area contributed by atoms with E-state index in [0.717, 1.165) is 15.4 Å². The van der Waals surface area contributed by atoms with Crippen LogP contribution < -0.4 is 21.3 Å². The molecule has 11 heteroatoms. The van der Waals surface area contributed by atoms with Crippen LogP contribution >= 0.6 is 15.9 Å². The molecule has 3 aromatic rings. The number of carbonyl (C=O) groups excluding carboxylic acids is 5. The van der Waals surface area contributed by atoms with Crippen LogP contribution in [-0.4, -0.2) is 59.3 Å². The summed E-state index contributed by atoms with van der Waals surface area (Å²) in [6, 6.07) is 16.0. The van der Waals surface area contributed by atoms with E-state index in [0.29, 0.717) is 30.6 Å². The molecule has 0 saturated carbocycles. The molecule has 1 aromatic heterocycles. The highest BCUT2D eigenvalue weighted by atomic mass is 79.9. The average molecular weight is 685 g/mol. The monoisotopic (exact) mass is 683 g/mol. The Morgan fingerprint density at radius 2 is 1.74 bits per heavy atom. The Kier molecular flexibility index (Phi) is 12.0. The first-order valence-corrected chi connectivity index (χ1v) is 15.7. The zero-order chi connectivity index (χ0) is 33.1. The second-order valence-corrected chi connectivity index (χ2v) is 12.3. The first kappa shape index (κ1) is 33.9. The van der Waals surface area contributed by atoms with Gasteiger partial charge in [-0.1, -0.05) is 72.2 Å². The number of halogens is 1. The number of benzene rings is 2. The number of rotatable bonds is 14. The van der Waals surface area contributed by atoms with E-state index in [4.69, 9.17) is 0 Å². The van der Waals surface area contributed by atoms with Gasteiger partial charge in [-0.3, -0.25) is 4.79 Å². The minimum Gasteiger partial charge on any atom is -0.379 e. The third-order valence-electron chi connectivity index (χ3n) is 7.81. The van der Waals surface area contributed by atoms with E-state index in [1.54, 1.807) is 18.1 Å². The molecule has 0 radical (unpaired) electrons. The van der Waals surface area contributed by atoms with E-state index in [1.807, 2.05) is 80.2 Å². The molecule has 236 valence electrons. The van der Waals surface area contributed by atoms with Gasteiger partial charge in [-0.25, -0.2) is 24.2 Å². The summed E-state index contributed by atoms with van der Waals surface area (Å²) in [5, 5.41) is 13.0. The number of hydrogen-bond acceptors (Lipinski definition) is 9. The van der Waals surface area contributed by atoms with Gasteiger partial charge in [0.1, 0.15) is 40.9 Å². The van der Waals surface area contributed by atoms with Crippen LogP contribution in [0.1, 0.15) is 42.7 Å². The van der Waals surface area contributed by atoms with Gasteiger partial charge in [0.2, 0.25) is 0 Å². The highest BCUT2D eigenvalue weighted by Gasteiger charge is 2.30. The molecule has 0 unspecified atom stereocenters. The molecule has 2 aromatic carbocycles. The number of nitrogens with zero attached hydrogens (tertiary/aromatic N) is 1. The van der Waals surface area contributed by atoms with Crippen LogP contribution in [0.15, 0.2) is 88.3 Å². The number of hydrogen-bond donors (Lipinski definition) is 4. The second kappa shape index (κ2) is 16.4. The van der Waals surface area contributed by atoms with Crippen molar-refractivity contribution in [1.82, 2.24) is 26.3 Å². The predicted molar refractivity (Wildman–Crippen MR) is 178 cm³/mol. The molecule has 0 spiro atoms. The topological polar surface area (TPSA) is 146 Å². The van der Waals surface area contributed by atoms with Crippen LogP contribution in [0, 0.1) is 11.8 Å². The summed E-state index contributed by atoms with van der Waals surface area (Å²) in [7, 11) is 0. The molecule has 10 nitrogen and oxygen atoms in total. The van der Waals surface area contributed by atoms with Crippen molar-refractivity contribution in [2.75, 3.05) is 6.54 Å². The Balaban J connectivity index is 1.60. The summed E-state index contributed by atoms with van der Waals surface area (Å²) in [6.07, 6.45) is 2.50. The predicted octanol–water partition coefficient (Wildman–Crippen LogP) is 3.44. The Morgan fingerprint density at radius 1 is 1.00 bits per heavy atom. The van der Waals surface area contributed by atoms with E-state index in [1.165, 1.54) is 6.08 Å². The minimum atomic E-state index is -0.823. The van der Waals surface area contributed by atoms with Crippen molar-refractivity contribution in [3.8, 4) is 0 Å². The Hall–Kier alpha value is -5.00. The first-order chi connectivity index (χ1) is 22.3. The quantitative estimate of drug-likeness (QED) is 0.188. The zero-order valence-corrected chi connectivity index (χ0v) is 27.0. The first-order valence-electron chi connectivity index (χ1n) is 14.9. The van der Waals surface area contributed by atoms with E-state index in [2.05, 4.69) is 42.2 Å². The fourth-order valence-electron chi connectivity index (χ4n) is 5.43. The third kappa shape index (κ3) is 8.80. The van der Waals surface area contributed by atoms with Gasteiger partial charge >= 0.3 is 0 Å². The lowest BCUT2D eigenvalue weighted by Gasteiger charge is -2.29. The summed E-state index contributed by atoms with van der Waals surface area (Å²) in [6.45, 7) is 4.28. The smallest absolute Gasteiger partial charge is 0.270 e. The maximum Gasteiger partial charge on any atom is 0.270 e. The van der Waals surface area contributed by atoms with Gasteiger partial charge in [0, 0.05) is 28.4 Å². The van der Waals surface area contributed by atoms with Crippen LogP contribution in [0.4, 0.5) is 0 Å². The molecule has 4 atom stereocenters. The van der Waals surface area contributed by atoms with Crippen molar-refractivity contribution in [3.63, 3.8) is 0 Å². The number of pyridine rings is 1. The molecule has 1 aliphatic rings. The molecule has 0 aliphatic carbocycles. The highest BCUT2D eigenvalue weighted by Crippen LogP contribution is 2.24. The lowest BCUT2D eigenvalue weighted by molar-refractivity contribution is 0.0927. The second-order valence-electron chi connectivity index (χ2n) is 11.3. The van der Waals surface area contributed by atoms with Gasteiger partial charge in [-0.05, 0) is 48.9 Å². The Bertz CT molecular complexity index is 1770. The van der Waals surface area contributed by atoms with E-state index < -0.39 is 24.0 Å². The summed E-state index contributed by atoms with van der Waals surface area (Å²) < 4.78 is 0.823. The van der Waals surface area contributed by atoms with Crippen LogP contribution in [0.2, 0.25) is 0 Å². The van der Waals surface area contributed by atoms with Gasteiger partial charge < -0.3 is 21.3 Å². The Morgan fingerprint density at radius 3 is 2.41 bits per heavy atom. The zero-order valence-electron chi connectivity index (χ0n) is 25.4. The van der Waals surface area contributed by atoms with Crippen LogP contribution in [0.5, 0.6) is 0 Å². The maximum atomic E-state index is 13.4. The van der Waals surface area contributed by atoms with Crippen molar-refractivity contribution in [2.24, 2.45) is 11.8 Å². The highest BCUT2D eigenvalue weighted by molar-refractivity contribution is 9.10. The third-order valence-corrected chi connectivity index (χ3v) is 8.30. The fraction of sp³-hybridized carbons (Fsp3) is 0.314. The fourth-order valence-corrected chi connectivity index (χ4v) is 5.78. The number of fused-ring (bicyclic) bond motifs is 1. The summed E-state index contributed by atoms with van der Waals surface area (Å²) >= 11 is 3.43. The van der Waals surface area contributed by atoms with Crippen LogP contribution in [0.3, 0.4) is 0 Å². The number of allylic oxidation sites excluding steroid dienone is 1.